The fourth-order valence-corrected chi connectivity index (χ4v) is 2.39. The second kappa shape index (κ2) is 6.47. The van der Waals surface area contributed by atoms with E-state index in [0.717, 1.165) is 31.5 Å². The van der Waals surface area contributed by atoms with Crippen LogP contribution in [0.4, 0.5) is 11.4 Å². The van der Waals surface area contributed by atoms with Crippen LogP contribution < -0.4 is 10.2 Å². The molecule has 1 aromatic carbocycles. The Bertz CT molecular complexity index is 487. The molecule has 1 atom stereocenters. The van der Waals surface area contributed by atoms with Crippen LogP contribution in [0.3, 0.4) is 0 Å². The SMILES string of the molecule is CCCNC1CCCN(c2ccc([N+](=O)[O-])cc2)C1=O. The van der Waals surface area contributed by atoms with Gasteiger partial charge >= 0.3 is 0 Å². The third-order valence-electron chi connectivity index (χ3n) is 3.45. The predicted molar refractivity (Wildman–Crippen MR) is 76.8 cm³/mol. The van der Waals surface area contributed by atoms with E-state index >= 15 is 0 Å². The highest BCUT2D eigenvalue weighted by Gasteiger charge is 2.29. The Labute approximate surface area is 117 Å². The van der Waals surface area contributed by atoms with Gasteiger partial charge in [-0.2, -0.15) is 0 Å². The van der Waals surface area contributed by atoms with Crippen molar-refractivity contribution in [3.05, 3.63) is 34.4 Å². The van der Waals surface area contributed by atoms with E-state index < -0.39 is 4.92 Å². The summed E-state index contributed by atoms with van der Waals surface area (Å²) in [5, 5.41) is 13.9. The number of non-ortho nitro benzene ring substituents is 1. The number of nitrogens with zero attached hydrogens (tertiary/aromatic N) is 2. The average Bonchev–Trinajstić information content (AvgIpc) is 2.46. The maximum absolute atomic E-state index is 12.4. The van der Waals surface area contributed by atoms with E-state index in [0.29, 0.717) is 6.54 Å². The van der Waals surface area contributed by atoms with E-state index in [1.807, 2.05) is 0 Å². The largest absolute Gasteiger partial charge is 0.311 e. The molecule has 6 nitrogen and oxygen atoms in total. The number of nitrogens with one attached hydrogen (secondary N) is 1. The number of piperidine rings is 1. The Morgan fingerprint density at radius 2 is 2.10 bits per heavy atom. The standard InChI is InChI=1S/C14H19N3O3/c1-2-9-15-13-4-3-10-16(14(13)18)11-5-7-12(8-6-11)17(19)20/h5-8,13,15H,2-4,9-10H2,1H3. The van der Waals surface area contributed by atoms with Gasteiger partial charge in [0.1, 0.15) is 0 Å². The number of hydrogen-bond donors (Lipinski definition) is 1. The van der Waals surface area contributed by atoms with Gasteiger partial charge in [0.25, 0.3) is 5.69 Å². The molecule has 108 valence electrons. The molecule has 0 spiro atoms. The normalized spacial score (nSPS) is 19.1. The Morgan fingerprint density at radius 3 is 2.70 bits per heavy atom. The van der Waals surface area contributed by atoms with Gasteiger partial charge in [-0.15, -0.1) is 0 Å². The highest BCUT2D eigenvalue weighted by atomic mass is 16.6. The van der Waals surface area contributed by atoms with Gasteiger partial charge in [0, 0.05) is 24.4 Å². The molecular formula is C14H19N3O3. The van der Waals surface area contributed by atoms with Crippen molar-refractivity contribution in [2.45, 2.75) is 32.2 Å². The molecule has 1 N–H and O–H groups in total. The van der Waals surface area contributed by atoms with Crippen LogP contribution in [0.5, 0.6) is 0 Å². The summed E-state index contributed by atoms with van der Waals surface area (Å²) in [6.07, 6.45) is 2.77. The molecule has 0 aromatic heterocycles. The average molecular weight is 277 g/mol. The summed E-state index contributed by atoms with van der Waals surface area (Å²) in [6.45, 7) is 3.56. The van der Waals surface area contributed by atoms with Crippen LogP contribution in [0.25, 0.3) is 0 Å². The highest BCUT2D eigenvalue weighted by molar-refractivity contribution is 5.98. The number of benzene rings is 1. The van der Waals surface area contributed by atoms with Crippen molar-refractivity contribution >= 4 is 17.3 Å². The van der Waals surface area contributed by atoms with E-state index in [9.17, 15) is 14.9 Å². The summed E-state index contributed by atoms with van der Waals surface area (Å²) in [7, 11) is 0. The first-order valence-electron chi connectivity index (χ1n) is 6.92. The monoisotopic (exact) mass is 277 g/mol. The van der Waals surface area contributed by atoms with Gasteiger partial charge in [0.05, 0.1) is 11.0 Å². The van der Waals surface area contributed by atoms with Gasteiger partial charge in [-0.1, -0.05) is 6.92 Å². The topological polar surface area (TPSA) is 75.5 Å². The van der Waals surface area contributed by atoms with Crippen LogP contribution in [0.2, 0.25) is 0 Å². The van der Waals surface area contributed by atoms with E-state index in [1.165, 1.54) is 12.1 Å². The Kier molecular flexibility index (Phi) is 4.68. The molecule has 1 amide bonds. The maximum Gasteiger partial charge on any atom is 0.269 e. The van der Waals surface area contributed by atoms with Crippen LogP contribution in [0, 0.1) is 10.1 Å². The molecule has 1 heterocycles. The van der Waals surface area contributed by atoms with Crippen molar-refractivity contribution in [3.63, 3.8) is 0 Å². The van der Waals surface area contributed by atoms with Gasteiger partial charge in [-0.05, 0) is 37.9 Å². The summed E-state index contributed by atoms with van der Waals surface area (Å²) in [6, 6.07) is 6.01. The molecule has 1 unspecified atom stereocenters. The van der Waals surface area contributed by atoms with E-state index in [-0.39, 0.29) is 17.6 Å². The summed E-state index contributed by atoms with van der Waals surface area (Å²) >= 11 is 0. The molecule has 0 aliphatic carbocycles. The lowest BCUT2D eigenvalue weighted by Crippen LogP contribution is -2.51. The lowest BCUT2D eigenvalue weighted by Gasteiger charge is -2.32. The number of amides is 1. The van der Waals surface area contributed by atoms with E-state index in [1.54, 1.807) is 17.0 Å². The number of nitro benzene ring substituents is 1. The minimum Gasteiger partial charge on any atom is -0.311 e. The number of carbonyl (C=O) groups excluding carboxylic acids is 1. The van der Waals surface area contributed by atoms with Crippen molar-refractivity contribution in [3.8, 4) is 0 Å². The summed E-state index contributed by atoms with van der Waals surface area (Å²) < 4.78 is 0. The first-order chi connectivity index (χ1) is 9.63. The Morgan fingerprint density at radius 1 is 1.40 bits per heavy atom. The second-order valence-electron chi connectivity index (χ2n) is 4.91. The van der Waals surface area contributed by atoms with Crippen LogP contribution in [-0.4, -0.2) is 30.0 Å². The molecule has 0 saturated carbocycles. The van der Waals surface area contributed by atoms with Gasteiger partial charge in [0.2, 0.25) is 5.91 Å². The first-order valence-corrected chi connectivity index (χ1v) is 6.92. The molecule has 6 heteroatoms. The quantitative estimate of drug-likeness (QED) is 0.660. The van der Waals surface area contributed by atoms with Crippen molar-refractivity contribution in [2.75, 3.05) is 18.0 Å². The zero-order valence-corrected chi connectivity index (χ0v) is 11.5. The van der Waals surface area contributed by atoms with Gasteiger partial charge in [-0.25, -0.2) is 0 Å². The van der Waals surface area contributed by atoms with Crippen LogP contribution in [-0.2, 0) is 4.79 Å². The van der Waals surface area contributed by atoms with Crippen LogP contribution in [0.1, 0.15) is 26.2 Å². The molecule has 1 saturated heterocycles. The summed E-state index contributed by atoms with van der Waals surface area (Å²) in [5.41, 5.74) is 0.766. The summed E-state index contributed by atoms with van der Waals surface area (Å²) in [5.74, 6) is 0.0542. The number of anilines is 1. The Balaban J connectivity index is 2.10. The van der Waals surface area contributed by atoms with E-state index in [4.69, 9.17) is 0 Å². The fraction of sp³-hybridized carbons (Fsp3) is 0.500. The molecule has 1 fully saturated rings. The number of carbonyl (C=O) groups is 1. The maximum atomic E-state index is 12.4. The first kappa shape index (κ1) is 14.5. The zero-order valence-electron chi connectivity index (χ0n) is 11.5. The molecule has 20 heavy (non-hydrogen) atoms. The number of nitro groups is 1. The van der Waals surface area contributed by atoms with Gasteiger partial charge in [-0.3, -0.25) is 14.9 Å². The molecule has 1 aromatic rings. The zero-order chi connectivity index (χ0) is 14.5. The molecule has 2 rings (SSSR count). The summed E-state index contributed by atoms with van der Waals surface area (Å²) in [4.78, 5) is 24.3. The third-order valence-corrected chi connectivity index (χ3v) is 3.45. The van der Waals surface area contributed by atoms with Crippen LogP contribution in [0.15, 0.2) is 24.3 Å². The smallest absolute Gasteiger partial charge is 0.269 e. The molecule has 0 bridgehead atoms. The number of rotatable bonds is 5. The molecule has 1 aliphatic rings. The molecule has 1 aliphatic heterocycles. The highest BCUT2D eigenvalue weighted by Crippen LogP contribution is 2.23. The van der Waals surface area contributed by atoms with Crippen molar-refractivity contribution < 1.29 is 9.72 Å². The lowest BCUT2D eigenvalue weighted by molar-refractivity contribution is -0.384. The lowest BCUT2D eigenvalue weighted by atomic mass is 10.0. The minimum atomic E-state index is -0.437. The Hall–Kier alpha value is -1.95. The predicted octanol–water partition coefficient (Wildman–Crippen LogP) is 2.09. The van der Waals surface area contributed by atoms with E-state index in [2.05, 4.69) is 12.2 Å². The van der Waals surface area contributed by atoms with Crippen molar-refractivity contribution in [1.29, 1.82) is 0 Å². The minimum absolute atomic E-state index is 0.0406. The van der Waals surface area contributed by atoms with Gasteiger partial charge < -0.3 is 10.2 Å². The third kappa shape index (κ3) is 3.14. The second-order valence-corrected chi connectivity index (χ2v) is 4.91. The van der Waals surface area contributed by atoms with Crippen molar-refractivity contribution in [2.24, 2.45) is 0 Å². The molecule has 0 radical (unpaired) electrons. The fourth-order valence-electron chi connectivity index (χ4n) is 2.39. The number of hydrogen-bond acceptors (Lipinski definition) is 4. The van der Waals surface area contributed by atoms with Crippen molar-refractivity contribution in [1.82, 2.24) is 5.32 Å². The van der Waals surface area contributed by atoms with Crippen LogP contribution >= 0.6 is 0 Å². The molecular weight excluding hydrogens is 258 g/mol. The van der Waals surface area contributed by atoms with Gasteiger partial charge in [0.15, 0.2) is 0 Å².